The van der Waals surface area contributed by atoms with Gasteiger partial charge < -0.3 is 4.74 Å². The number of methoxy groups -OCH3 is 1. The Labute approximate surface area is 104 Å². The molecule has 0 amide bonds. The van der Waals surface area contributed by atoms with Crippen molar-refractivity contribution >= 4 is 22.4 Å². The molecule has 0 heterocycles. The van der Waals surface area contributed by atoms with Gasteiger partial charge in [0.15, 0.2) is 0 Å². The number of aryl methyl sites for hydroxylation is 1. The molecular formula is C12H17ClO2S. The normalized spacial score (nSPS) is 12.6. The third-order valence-electron chi connectivity index (χ3n) is 2.27. The highest BCUT2D eigenvalue weighted by Gasteiger charge is 2.00. The third-order valence-corrected chi connectivity index (χ3v) is 3.88. The minimum atomic E-state index is -0.749. The first kappa shape index (κ1) is 13.7. The molecule has 0 aliphatic heterocycles. The van der Waals surface area contributed by atoms with Gasteiger partial charge >= 0.3 is 0 Å². The Morgan fingerprint density at radius 3 is 2.56 bits per heavy atom. The largest absolute Gasteiger partial charge is 0.384 e. The minimum absolute atomic E-state index is 0.577. The Morgan fingerprint density at radius 2 is 1.94 bits per heavy atom. The zero-order chi connectivity index (χ0) is 11.8. The zero-order valence-corrected chi connectivity index (χ0v) is 11.0. The maximum atomic E-state index is 11.5. The SMILES string of the molecule is COCC[S@@](=O)CCCc1ccc(Cl)cc1. The number of benzene rings is 1. The summed E-state index contributed by atoms with van der Waals surface area (Å²) in [4.78, 5) is 0. The molecule has 0 radical (unpaired) electrons. The summed E-state index contributed by atoms with van der Waals surface area (Å²) in [5, 5.41) is 0.757. The predicted molar refractivity (Wildman–Crippen MR) is 69.5 cm³/mol. The lowest BCUT2D eigenvalue weighted by Gasteiger charge is -2.02. The number of rotatable bonds is 7. The zero-order valence-electron chi connectivity index (χ0n) is 9.45. The average Bonchev–Trinajstić information content (AvgIpc) is 2.29. The van der Waals surface area contributed by atoms with Crippen molar-refractivity contribution in [1.82, 2.24) is 0 Å². The van der Waals surface area contributed by atoms with Crippen molar-refractivity contribution in [1.29, 1.82) is 0 Å². The van der Waals surface area contributed by atoms with Crippen LogP contribution in [0.3, 0.4) is 0 Å². The van der Waals surface area contributed by atoms with Gasteiger partial charge in [-0.2, -0.15) is 0 Å². The highest BCUT2D eigenvalue weighted by atomic mass is 35.5. The molecule has 0 N–H and O–H groups in total. The molecule has 90 valence electrons. The quantitative estimate of drug-likeness (QED) is 0.754. The van der Waals surface area contributed by atoms with E-state index >= 15 is 0 Å². The smallest absolute Gasteiger partial charge is 0.0577 e. The van der Waals surface area contributed by atoms with E-state index in [2.05, 4.69) is 0 Å². The van der Waals surface area contributed by atoms with Crippen LogP contribution in [0.2, 0.25) is 5.02 Å². The molecule has 0 aliphatic carbocycles. The Kier molecular flexibility index (Phi) is 6.69. The van der Waals surface area contributed by atoms with Crippen LogP contribution in [0.15, 0.2) is 24.3 Å². The van der Waals surface area contributed by atoms with Gasteiger partial charge in [0.25, 0.3) is 0 Å². The van der Waals surface area contributed by atoms with Crippen LogP contribution in [0.4, 0.5) is 0 Å². The van der Waals surface area contributed by atoms with Gasteiger partial charge in [0, 0.05) is 34.4 Å². The number of ether oxygens (including phenoxy) is 1. The second-order valence-corrected chi connectivity index (χ2v) is 5.70. The van der Waals surface area contributed by atoms with Crippen LogP contribution >= 0.6 is 11.6 Å². The maximum absolute atomic E-state index is 11.5. The van der Waals surface area contributed by atoms with Crippen molar-refractivity contribution in [3.8, 4) is 0 Å². The molecule has 0 spiro atoms. The van der Waals surface area contributed by atoms with E-state index < -0.39 is 10.8 Å². The number of hydrogen-bond acceptors (Lipinski definition) is 2. The summed E-state index contributed by atoms with van der Waals surface area (Å²) in [5.41, 5.74) is 1.24. The highest BCUT2D eigenvalue weighted by molar-refractivity contribution is 7.84. The second-order valence-electron chi connectivity index (χ2n) is 3.57. The fraction of sp³-hybridized carbons (Fsp3) is 0.500. The van der Waals surface area contributed by atoms with E-state index in [9.17, 15) is 4.21 Å². The summed E-state index contributed by atoms with van der Waals surface area (Å²) in [7, 11) is 0.881. The molecule has 0 unspecified atom stereocenters. The van der Waals surface area contributed by atoms with Crippen molar-refractivity contribution in [2.45, 2.75) is 12.8 Å². The van der Waals surface area contributed by atoms with Gasteiger partial charge in [0.05, 0.1) is 6.61 Å². The van der Waals surface area contributed by atoms with E-state index in [0.29, 0.717) is 12.4 Å². The van der Waals surface area contributed by atoms with Crippen molar-refractivity contribution in [2.24, 2.45) is 0 Å². The van der Waals surface area contributed by atoms with Crippen LogP contribution in [-0.4, -0.2) is 29.4 Å². The molecule has 0 saturated heterocycles. The second kappa shape index (κ2) is 7.82. The van der Waals surface area contributed by atoms with E-state index in [-0.39, 0.29) is 0 Å². The molecule has 0 aliphatic rings. The van der Waals surface area contributed by atoms with E-state index in [1.165, 1.54) is 5.56 Å². The number of hydrogen-bond donors (Lipinski definition) is 0. The Bertz CT molecular complexity index is 324. The molecule has 0 bridgehead atoms. The van der Waals surface area contributed by atoms with E-state index in [1.54, 1.807) is 7.11 Å². The molecule has 0 saturated carbocycles. The molecule has 2 nitrogen and oxygen atoms in total. The molecular weight excluding hydrogens is 244 g/mol. The van der Waals surface area contributed by atoms with Crippen LogP contribution in [-0.2, 0) is 22.0 Å². The highest BCUT2D eigenvalue weighted by Crippen LogP contribution is 2.11. The average molecular weight is 261 g/mol. The molecule has 1 aromatic rings. The standard InChI is InChI=1S/C12H17ClO2S/c1-15-8-10-16(14)9-2-3-11-4-6-12(13)7-5-11/h4-7H,2-3,8-10H2,1H3/t16-/m0/s1. The topological polar surface area (TPSA) is 26.3 Å². The fourth-order valence-electron chi connectivity index (χ4n) is 1.37. The lowest BCUT2D eigenvalue weighted by molar-refractivity contribution is 0.218. The molecule has 1 atom stereocenters. The van der Waals surface area contributed by atoms with Crippen LogP contribution in [0.5, 0.6) is 0 Å². The van der Waals surface area contributed by atoms with Crippen LogP contribution in [0.1, 0.15) is 12.0 Å². The molecule has 1 rings (SSSR count). The summed E-state index contributed by atoms with van der Waals surface area (Å²) in [5.74, 6) is 1.38. The first-order valence-corrected chi connectivity index (χ1v) is 7.17. The van der Waals surface area contributed by atoms with E-state index in [0.717, 1.165) is 23.6 Å². The van der Waals surface area contributed by atoms with E-state index in [1.807, 2.05) is 24.3 Å². The van der Waals surface area contributed by atoms with Gasteiger partial charge in [-0.25, -0.2) is 0 Å². The predicted octanol–water partition coefficient (Wildman–Crippen LogP) is 2.67. The van der Waals surface area contributed by atoms with Gasteiger partial charge in [-0.3, -0.25) is 4.21 Å². The monoisotopic (exact) mass is 260 g/mol. The number of halogens is 1. The third kappa shape index (κ3) is 5.64. The van der Waals surface area contributed by atoms with Gasteiger partial charge in [-0.05, 0) is 30.5 Å². The Hall–Kier alpha value is -0.380. The fourth-order valence-corrected chi connectivity index (χ4v) is 2.52. The van der Waals surface area contributed by atoms with Gasteiger partial charge in [-0.15, -0.1) is 0 Å². The lowest BCUT2D eigenvalue weighted by atomic mass is 10.1. The molecule has 1 aromatic carbocycles. The molecule has 0 aromatic heterocycles. The first-order valence-electron chi connectivity index (χ1n) is 5.30. The van der Waals surface area contributed by atoms with Gasteiger partial charge in [0.1, 0.15) is 0 Å². The molecule has 16 heavy (non-hydrogen) atoms. The molecule has 4 heteroatoms. The molecule has 0 fully saturated rings. The van der Waals surface area contributed by atoms with Crippen molar-refractivity contribution in [3.05, 3.63) is 34.9 Å². The summed E-state index contributed by atoms with van der Waals surface area (Å²) < 4.78 is 16.3. The van der Waals surface area contributed by atoms with E-state index in [4.69, 9.17) is 16.3 Å². The first-order chi connectivity index (χ1) is 7.72. The van der Waals surface area contributed by atoms with Gasteiger partial charge in [0.2, 0.25) is 0 Å². The van der Waals surface area contributed by atoms with Crippen LogP contribution < -0.4 is 0 Å². The van der Waals surface area contributed by atoms with Crippen molar-refractivity contribution < 1.29 is 8.95 Å². The summed E-state index contributed by atoms with van der Waals surface area (Å²) >= 11 is 5.79. The minimum Gasteiger partial charge on any atom is -0.384 e. The Morgan fingerprint density at radius 1 is 1.25 bits per heavy atom. The van der Waals surface area contributed by atoms with Crippen molar-refractivity contribution in [2.75, 3.05) is 25.2 Å². The van der Waals surface area contributed by atoms with Crippen LogP contribution in [0.25, 0.3) is 0 Å². The van der Waals surface area contributed by atoms with Gasteiger partial charge in [-0.1, -0.05) is 23.7 Å². The lowest BCUT2D eigenvalue weighted by Crippen LogP contribution is -2.08. The summed E-state index contributed by atoms with van der Waals surface area (Å²) in [6, 6.07) is 7.80. The van der Waals surface area contributed by atoms with Crippen molar-refractivity contribution in [3.63, 3.8) is 0 Å². The summed E-state index contributed by atoms with van der Waals surface area (Å²) in [6.45, 7) is 0.577. The maximum Gasteiger partial charge on any atom is 0.0577 e. The summed E-state index contributed by atoms with van der Waals surface area (Å²) in [6.07, 6.45) is 1.90. The van der Waals surface area contributed by atoms with Crippen LogP contribution in [0, 0.1) is 0 Å². The Balaban J connectivity index is 2.20.